The lowest BCUT2D eigenvalue weighted by atomic mass is 10.1. The predicted octanol–water partition coefficient (Wildman–Crippen LogP) is 3.88. The highest BCUT2D eigenvalue weighted by Gasteiger charge is 2.27. The number of aromatic hydroxyl groups is 1. The van der Waals surface area contributed by atoms with Crippen molar-refractivity contribution in [1.29, 1.82) is 0 Å². The van der Waals surface area contributed by atoms with E-state index in [1.54, 1.807) is 38.4 Å². The van der Waals surface area contributed by atoms with E-state index in [-0.39, 0.29) is 11.7 Å². The van der Waals surface area contributed by atoms with Crippen LogP contribution < -0.4 is 4.74 Å². The molecule has 0 bridgehead atoms. The summed E-state index contributed by atoms with van der Waals surface area (Å²) in [5.41, 5.74) is 2.19. The second-order valence-electron chi connectivity index (χ2n) is 5.44. The van der Waals surface area contributed by atoms with Gasteiger partial charge in [-0.3, -0.25) is 0 Å². The molecule has 0 atom stereocenters. The summed E-state index contributed by atoms with van der Waals surface area (Å²) in [6, 6.07) is 4.93. The monoisotopic (exact) mass is 345 g/mol. The van der Waals surface area contributed by atoms with Crippen LogP contribution in [0, 0.1) is 0 Å². The Balaban J connectivity index is 1.97. The zero-order valence-corrected chi connectivity index (χ0v) is 14.5. The molecule has 0 saturated heterocycles. The Kier molecular flexibility index (Phi) is 4.85. The number of ether oxygens (including phenoxy) is 2. The third-order valence-corrected chi connectivity index (χ3v) is 5.14. The summed E-state index contributed by atoms with van der Waals surface area (Å²) < 4.78 is 10.4. The highest BCUT2D eigenvalue weighted by molar-refractivity contribution is 7.16. The highest BCUT2D eigenvalue weighted by atomic mass is 32.1. The molecular formula is C18H19NO4S. The first-order valence-corrected chi connectivity index (χ1v) is 8.68. The van der Waals surface area contributed by atoms with Crippen LogP contribution in [0.25, 0.3) is 0 Å². The van der Waals surface area contributed by atoms with E-state index in [1.807, 2.05) is 0 Å². The number of phenols is 1. The molecule has 0 amide bonds. The molecule has 24 heavy (non-hydrogen) atoms. The number of esters is 1. The van der Waals surface area contributed by atoms with Gasteiger partial charge in [-0.25, -0.2) is 9.79 Å². The molecule has 2 aromatic rings. The number of benzene rings is 1. The van der Waals surface area contributed by atoms with E-state index < -0.39 is 0 Å². The number of methoxy groups -OCH3 is 1. The number of carbonyl (C=O) groups excluding carboxylic acids is 1. The van der Waals surface area contributed by atoms with E-state index >= 15 is 0 Å². The molecule has 1 aromatic carbocycles. The van der Waals surface area contributed by atoms with Gasteiger partial charge in [-0.15, -0.1) is 11.3 Å². The van der Waals surface area contributed by atoms with Gasteiger partial charge < -0.3 is 14.6 Å². The van der Waals surface area contributed by atoms with Crippen molar-refractivity contribution < 1.29 is 19.4 Å². The molecule has 1 aromatic heterocycles. The minimum atomic E-state index is -0.320. The molecule has 0 unspecified atom stereocenters. The van der Waals surface area contributed by atoms with Crippen LogP contribution in [0.1, 0.15) is 39.7 Å². The first-order valence-electron chi connectivity index (χ1n) is 7.86. The maximum absolute atomic E-state index is 12.3. The van der Waals surface area contributed by atoms with E-state index in [9.17, 15) is 9.90 Å². The van der Waals surface area contributed by atoms with Gasteiger partial charge in [0.25, 0.3) is 0 Å². The summed E-state index contributed by atoms with van der Waals surface area (Å²) in [4.78, 5) is 18.0. The number of fused-ring (bicyclic) bond motifs is 1. The molecule has 0 spiro atoms. The molecule has 1 heterocycles. The molecule has 1 aliphatic carbocycles. The fourth-order valence-electron chi connectivity index (χ4n) is 2.79. The Morgan fingerprint density at radius 2 is 2.25 bits per heavy atom. The number of nitrogens with zero attached hydrogens (tertiary/aromatic N) is 1. The molecular weight excluding hydrogens is 326 g/mol. The highest BCUT2D eigenvalue weighted by Crippen LogP contribution is 2.41. The summed E-state index contributed by atoms with van der Waals surface area (Å²) >= 11 is 1.53. The number of hydrogen-bond acceptors (Lipinski definition) is 6. The zero-order valence-electron chi connectivity index (χ0n) is 13.7. The SMILES string of the molecule is CCOC(=O)c1c(N=Cc2cc(OC)ccc2O)sc2c1CCC2. The summed E-state index contributed by atoms with van der Waals surface area (Å²) in [7, 11) is 1.57. The second kappa shape index (κ2) is 7.05. The Labute approximate surface area is 144 Å². The normalized spacial score (nSPS) is 13.2. The molecule has 0 saturated carbocycles. The van der Waals surface area contributed by atoms with Crippen LogP contribution >= 0.6 is 11.3 Å². The number of aryl methyl sites for hydroxylation is 1. The van der Waals surface area contributed by atoms with Gasteiger partial charge in [0.05, 0.1) is 19.3 Å². The number of thiophene rings is 1. The largest absolute Gasteiger partial charge is 0.507 e. The van der Waals surface area contributed by atoms with Crippen LogP contribution in [0.4, 0.5) is 5.00 Å². The van der Waals surface area contributed by atoms with Crippen molar-refractivity contribution in [3.05, 3.63) is 39.8 Å². The Morgan fingerprint density at radius 3 is 3.00 bits per heavy atom. The number of hydrogen-bond donors (Lipinski definition) is 1. The lowest BCUT2D eigenvalue weighted by Gasteiger charge is -2.04. The fourth-order valence-corrected chi connectivity index (χ4v) is 4.01. The molecule has 0 radical (unpaired) electrons. The minimum absolute atomic E-state index is 0.112. The summed E-state index contributed by atoms with van der Waals surface area (Å²) in [5.74, 6) is 0.425. The Hall–Kier alpha value is -2.34. The van der Waals surface area contributed by atoms with Crippen molar-refractivity contribution in [3.8, 4) is 11.5 Å². The molecule has 0 aliphatic heterocycles. The summed E-state index contributed by atoms with van der Waals surface area (Å²) in [6.45, 7) is 2.13. The van der Waals surface area contributed by atoms with E-state index in [0.29, 0.717) is 28.5 Å². The van der Waals surface area contributed by atoms with E-state index in [4.69, 9.17) is 9.47 Å². The van der Waals surface area contributed by atoms with Crippen LogP contribution in [0.15, 0.2) is 23.2 Å². The van der Waals surface area contributed by atoms with E-state index in [1.165, 1.54) is 16.2 Å². The van der Waals surface area contributed by atoms with Crippen molar-refractivity contribution in [3.63, 3.8) is 0 Å². The molecule has 5 nitrogen and oxygen atoms in total. The van der Waals surface area contributed by atoms with Crippen LogP contribution in [-0.2, 0) is 17.6 Å². The fraction of sp³-hybridized carbons (Fsp3) is 0.333. The van der Waals surface area contributed by atoms with Crippen molar-refractivity contribution in [2.75, 3.05) is 13.7 Å². The topological polar surface area (TPSA) is 68.1 Å². The zero-order chi connectivity index (χ0) is 17.1. The molecule has 0 fully saturated rings. The maximum Gasteiger partial charge on any atom is 0.341 e. The molecule has 1 aliphatic rings. The first kappa shape index (κ1) is 16.5. The van der Waals surface area contributed by atoms with E-state index in [0.717, 1.165) is 24.8 Å². The molecule has 6 heteroatoms. The molecule has 3 rings (SSSR count). The number of carbonyl (C=O) groups is 1. The predicted molar refractivity (Wildman–Crippen MR) is 94.2 cm³/mol. The minimum Gasteiger partial charge on any atom is -0.507 e. The average Bonchev–Trinajstić information content (AvgIpc) is 3.14. The van der Waals surface area contributed by atoms with Gasteiger partial charge in [-0.05, 0) is 49.9 Å². The molecule has 126 valence electrons. The lowest BCUT2D eigenvalue weighted by molar-refractivity contribution is 0.0527. The first-order chi connectivity index (χ1) is 11.6. The van der Waals surface area contributed by atoms with Crippen molar-refractivity contribution in [2.45, 2.75) is 26.2 Å². The van der Waals surface area contributed by atoms with Crippen LogP contribution in [-0.4, -0.2) is 31.0 Å². The number of aliphatic imine (C=N–C) groups is 1. The Bertz CT molecular complexity index is 795. The van der Waals surface area contributed by atoms with E-state index in [2.05, 4.69) is 4.99 Å². The van der Waals surface area contributed by atoms with Gasteiger partial charge in [-0.2, -0.15) is 0 Å². The van der Waals surface area contributed by atoms with Gasteiger partial charge in [0.15, 0.2) is 0 Å². The van der Waals surface area contributed by atoms with Gasteiger partial charge in [0.1, 0.15) is 16.5 Å². The van der Waals surface area contributed by atoms with Crippen molar-refractivity contribution in [2.24, 2.45) is 4.99 Å². The average molecular weight is 345 g/mol. The molecule has 1 N–H and O–H groups in total. The van der Waals surface area contributed by atoms with Gasteiger partial charge in [0.2, 0.25) is 0 Å². The third kappa shape index (κ3) is 3.14. The van der Waals surface area contributed by atoms with Crippen molar-refractivity contribution in [1.82, 2.24) is 0 Å². The maximum atomic E-state index is 12.3. The summed E-state index contributed by atoms with van der Waals surface area (Å²) in [5, 5.41) is 10.6. The van der Waals surface area contributed by atoms with Crippen LogP contribution in [0.5, 0.6) is 11.5 Å². The van der Waals surface area contributed by atoms with Gasteiger partial charge in [-0.1, -0.05) is 0 Å². The lowest BCUT2D eigenvalue weighted by Crippen LogP contribution is -2.06. The standard InChI is InChI=1S/C18H19NO4S/c1-3-23-18(21)16-13-5-4-6-15(13)24-17(16)19-10-11-9-12(22-2)7-8-14(11)20/h7-10,20H,3-6H2,1-2H3. The summed E-state index contributed by atoms with van der Waals surface area (Å²) in [6.07, 6.45) is 4.49. The van der Waals surface area contributed by atoms with Crippen LogP contribution in [0.2, 0.25) is 0 Å². The second-order valence-corrected chi connectivity index (χ2v) is 6.52. The van der Waals surface area contributed by atoms with Crippen LogP contribution in [0.3, 0.4) is 0 Å². The Morgan fingerprint density at radius 1 is 1.42 bits per heavy atom. The van der Waals surface area contributed by atoms with Crippen molar-refractivity contribution >= 4 is 28.5 Å². The smallest absolute Gasteiger partial charge is 0.341 e. The number of rotatable bonds is 5. The van der Waals surface area contributed by atoms with Gasteiger partial charge in [0, 0.05) is 16.7 Å². The third-order valence-electron chi connectivity index (χ3n) is 3.94. The quantitative estimate of drug-likeness (QED) is 0.660. The van der Waals surface area contributed by atoms with Gasteiger partial charge >= 0.3 is 5.97 Å². The number of phenolic OH excluding ortho intramolecular Hbond substituents is 1.